The van der Waals surface area contributed by atoms with Gasteiger partial charge in [0.05, 0.1) is 0 Å². The van der Waals surface area contributed by atoms with Crippen molar-refractivity contribution < 1.29 is 9.53 Å². The Balaban J connectivity index is 1.73. The Morgan fingerprint density at radius 1 is 1.41 bits per heavy atom. The van der Waals surface area contributed by atoms with Gasteiger partial charge in [-0.25, -0.2) is 4.79 Å². The van der Waals surface area contributed by atoms with Gasteiger partial charge in [0.15, 0.2) is 0 Å². The molecule has 1 aliphatic carbocycles. The zero-order valence-corrected chi connectivity index (χ0v) is 10.2. The summed E-state index contributed by atoms with van der Waals surface area (Å²) in [6.45, 7) is 2.44. The molecule has 17 heavy (non-hydrogen) atoms. The summed E-state index contributed by atoms with van der Waals surface area (Å²) in [6.07, 6.45) is 3.15. The van der Waals surface area contributed by atoms with Crippen molar-refractivity contribution in [2.24, 2.45) is 5.92 Å². The lowest BCUT2D eigenvalue weighted by atomic mass is 10.1. The Hall–Kier alpha value is -1.51. The van der Waals surface area contributed by atoms with Crippen LogP contribution >= 0.6 is 0 Å². The molecule has 3 nitrogen and oxygen atoms in total. The number of alkyl carbamates (subject to hydrolysis) is 1. The van der Waals surface area contributed by atoms with Gasteiger partial charge in [-0.05, 0) is 30.7 Å². The second-order valence-electron chi connectivity index (χ2n) is 4.56. The van der Waals surface area contributed by atoms with Gasteiger partial charge in [-0.3, -0.25) is 0 Å². The van der Waals surface area contributed by atoms with Crippen molar-refractivity contribution >= 4 is 6.09 Å². The lowest BCUT2D eigenvalue weighted by Gasteiger charge is -2.15. The van der Waals surface area contributed by atoms with Crippen LogP contribution in [0.4, 0.5) is 4.79 Å². The molecule has 1 aliphatic rings. The fraction of sp³-hybridized carbons (Fsp3) is 0.500. The lowest BCUT2D eigenvalue weighted by molar-refractivity contribution is 0.134. The van der Waals surface area contributed by atoms with Gasteiger partial charge >= 0.3 is 6.09 Å². The number of benzene rings is 1. The minimum atomic E-state index is -0.299. The van der Waals surface area contributed by atoms with Crippen LogP contribution in [0.1, 0.15) is 31.7 Å². The van der Waals surface area contributed by atoms with Gasteiger partial charge in [-0.1, -0.05) is 37.3 Å². The first-order valence-electron chi connectivity index (χ1n) is 6.27. The SMILES string of the molecule is CCC(NC(=O)OCc1ccccc1)C1CC1. The smallest absolute Gasteiger partial charge is 0.407 e. The standard InChI is InChI=1S/C14H19NO2/c1-2-13(12-8-9-12)15-14(16)17-10-11-6-4-3-5-7-11/h3-7,12-13H,2,8-10H2,1H3,(H,15,16). The third-order valence-corrected chi connectivity index (χ3v) is 3.15. The molecule has 3 heteroatoms. The van der Waals surface area contributed by atoms with Crippen LogP contribution in [0, 0.1) is 5.92 Å². The van der Waals surface area contributed by atoms with E-state index < -0.39 is 0 Å². The quantitative estimate of drug-likeness (QED) is 0.848. The molecule has 1 atom stereocenters. The van der Waals surface area contributed by atoms with Crippen molar-refractivity contribution in [2.45, 2.75) is 38.8 Å². The first kappa shape index (κ1) is 12.0. The molecule has 0 heterocycles. The number of nitrogens with one attached hydrogen (secondary N) is 1. The molecule has 0 aromatic heterocycles. The van der Waals surface area contributed by atoms with Crippen LogP contribution in [0.3, 0.4) is 0 Å². The highest BCUT2D eigenvalue weighted by atomic mass is 16.5. The van der Waals surface area contributed by atoms with Gasteiger partial charge in [-0.2, -0.15) is 0 Å². The first-order chi connectivity index (χ1) is 8.29. The molecular formula is C14H19NO2. The summed E-state index contributed by atoms with van der Waals surface area (Å²) in [5.74, 6) is 0.671. The van der Waals surface area contributed by atoms with Crippen LogP contribution in [0.5, 0.6) is 0 Å². The molecular weight excluding hydrogens is 214 g/mol. The number of hydrogen-bond acceptors (Lipinski definition) is 2. The molecule has 2 rings (SSSR count). The number of carbonyl (C=O) groups excluding carboxylic acids is 1. The third-order valence-electron chi connectivity index (χ3n) is 3.15. The van der Waals surface area contributed by atoms with E-state index in [1.807, 2.05) is 30.3 Å². The fourth-order valence-corrected chi connectivity index (χ4v) is 1.97. The summed E-state index contributed by atoms with van der Waals surface area (Å²) in [4.78, 5) is 11.6. The number of rotatable bonds is 5. The van der Waals surface area contributed by atoms with E-state index in [1.165, 1.54) is 12.8 Å². The highest BCUT2D eigenvalue weighted by molar-refractivity contribution is 5.67. The normalized spacial score (nSPS) is 16.3. The Bertz CT molecular complexity index is 360. The highest BCUT2D eigenvalue weighted by Crippen LogP contribution is 2.33. The summed E-state index contributed by atoms with van der Waals surface area (Å²) in [6, 6.07) is 10.0. The van der Waals surface area contributed by atoms with E-state index in [1.54, 1.807) is 0 Å². The zero-order valence-electron chi connectivity index (χ0n) is 10.2. The number of carbonyl (C=O) groups is 1. The van der Waals surface area contributed by atoms with E-state index in [4.69, 9.17) is 4.74 Å². The predicted octanol–water partition coefficient (Wildman–Crippen LogP) is 3.10. The van der Waals surface area contributed by atoms with E-state index in [0.29, 0.717) is 18.6 Å². The molecule has 1 N–H and O–H groups in total. The molecule has 1 amide bonds. The Morgan fingerprint density at radius 2 is 2.12 bits per heavy atom. The van der Waals surface area contributed by atoms with Gasteiger partial charge in [0.1, 0.15) is 6.61 Å². The molecule has 0 saturated heterocycles. The summed E-state index contributed by atoms with van der Waals surface area (Å²) in [5.41, 5.74) is 1.02. The van der Waals surface area contributed by atoms with E-state index in [0.717, 1.165) is 12.0 Å². The van der Waals surface area contributed by atoms with Crippen LogP contribution in [-0.2, 0) is 11.3 Å². The maximum absolute atomic E-state index is 11.6. The maximum Gasteiger partial charge on any atom is 0.407 e. The molecule has 1 aromatic carbocycles. The molecule has 1 fully saturated rings. The van der Waals surface area contributed by atoms with Crippen molar-refractivity contribution in [2.75, 3.05) is 0 Å². The summed E-state index contributed by atoms with van der Waals surface area (Å²) >= 11 is 0. The summed E-state index contributed by atoms with van der Waals surface area (Å²) < 4.78 is 5.19. The number of hydrogen-bond donors (Lipinski definition) is 1. The molecule has 1 saturated carbocycles. The van der Waals surface area contributed by atoms with Crippen LogP contribution in [0.2, 0.25) is 0 Å². The average Bonchev–Trinajstić information content (AvgIpc) is 3.19. The first-order valence-corrected chi connectivity index (χ1v) is 6.27. The molecule has 0 radical (unpaired) electrons. The van der Waals surface area contributed by atoms with Crippen LogP contribution in [-0.4, -0.2) is 12.1 Å². The van der Waals surface area contributed by atoms with Crippen LogP contribution < -0.4 is 5.32 Å². The average molecular weight is 233 g/mol. The topological polar surface area (TPSA) is 38.3 Å². The number of amides is 1. The van der Waals surface area contributed by atoms with E-state index in [-0.39, 0.29) is 6.09 Å². The monoisotopic (exact) mass is 233 g/mol. The molecule has 1 unspecified atom stereocenters. The second-order valence-corrected chi connectivity index (χ2v) is 4.56. The van der Waals surface area contributed by atoms with Crippen molar-refractivity contribution in [3.63, 3.8) is 0 Å². The lowest BCUT2D eigenvalue weighted by Crippen LogP contribution is -2.36. The van der Waals surface area contributed by atoms with Gasteiger partial charge in [0.2, 0.25) is 0 Å². The Kier molecular flexibility index (Phi) is 4.02. The molecule has 1 aromatic rings. The fourth-order valence-electron chi connectivity index (χ4n) is 1.97. The van der Waals surface area contributed by atoms with Gasteiger partial charge in [0, 0.05) is 6.04 Å². The van der Waals surface area contributed by atoms with E-state index in [2.05, 4.69) is 12.2 Å². The van der Waals surface area contributed by atoms with Gasteiger partial charge < -0.3 is 10.1 Å². The summed E-state index contributed by atoms with van der Waals surface area (Å²) in [7, 11) is 0. The third kappa shape index (κ3) is 3.77. The van der Waals surface area contributed by atoms with Crippen molar-refractivity contribution in [3.8, 4) is 0 Å². The molecule has 92 valence electrons. The van der Waals surface area contributed by atoms with E-state index >= 15 is 0 Å². The zero-order chi connectivity index (χ0) is 12.1. The number of ether oxygens (including phenoxy) is 1. The minimum Gasteiger partial charge on any atom is -0.445 e. The minimum absolute atomic E-state index is 0.290. The Labute approximate surface area is 102 Å². The molecule has 0 aliphatic heterocycles. The highest BCUT2D eigenvalue weighted by Gasteiger charge is 2.31. The van der Waals surface area contributed by atoms with Crippen molar-refractivity contribution in [3.05, 3.63) is 35.9 Å². The van der Waals surface area contributed by atoms with E-state index in [9.17, 15) is 4.79 Å². The van der Waals surface area contributed by atoms with Crippen molar-refractivity contribution in [1.29, 1.82) is 0 Å². The van der Waals surface area contributed by atoms with Crippen LogP contribution in [0.25, 0.3) is 0 Å². The Morgan fingerprint density at radius 3 is 2.71 bits per heavy atom. The predicted molar refractivity (Wildman–Crippen MR) is 66.6 cm³/mol. The molecule has 0 spiro atoms. The molecule has 0 bridgehead atoms. The second kappa shape index (κ2) is 5.71. The summed E-state index contributed by atoms with van der Waals surface area (Å²) in [5, 5.41) is 2.94. The van der Waals surface area contributed by atoms with Gasteiger partial charge in [0.25, 0.3) is 0 Å². The maximum atomic E-state index is 11.6. The van der Waals surface area contributed by atoms with Crippen molar-refractivity contribution in [1.82, 2.24) is 5.32 Å². The largest absolute Gasteiger partial charge is 0.445 e. The van der Waals surface area contributed by atoms with Crippen LogP contribution in [0.15, 0.2) is 30.3 Å². The van der Waals surface area contributed by atoms with Gasteiger partial charge in [-0.15, -0.1) is 0 Å².